The molecule has 1 N–H and O–H groups in total. The Hall–Kier alpha value is -2.78. The minimum Gasteiger partial charge on any atom is -0.277 e. The summed E-state index contributed by atoms with van der Waals surface area (Å²) in [6.45, 7) is 5.89. The van der Waals surface area contributed by atoms with Crippen molar-refractivity contribution in [1.82, 2.24) is 4.31 Å². The van der Waals surface area contributed by atoms with Crippen molar-refractivity contribution in [2.24, 2.45) is 5.10 Å². The van der Waals surface area contributed by atoms with Crippen LogP contribution in [0, 0.1) is 17.0 Å². The molecule has 0 radical (unpaired) electrons. The van der Waals surface area contributed by atoms with Crippen LogP contribution in [0.2, 0.25) is 0 Å². The zero-order valence-electron chi connectivity index (χ0n) is 15.4. The third kappa shape index (κ3) is 4.89. The second-order valence-corrected chi connectivity index (χ2v) is 7.72. The van der Waals surface area contributed by atoms with E-state index >= 15 is 0 Å². The van der Waals surface area contributed by atoms with Crippen LogP contribution in [0.1, 0.15) is 25.0 Å². The second-order valence-electron chi connectivity index (χ2n) is 5.81. The summed E-state index contributed by atoms with van der Waals surface area (Å²) >= 11 is 0. The maximum atomic E-state index is 12.9. The van der Waals surface area contributed by atoms with Crippen molar-refractivity contribution < 1.29 is 13.3 Å². The fourth-order valence-corrected chi connectivity index (χ4v) is 4.18. The number of benzene rings is 2. The predicted octanol–water partition coefficient (Wildman–Crippen LogP) is 3.38. The van der Waals surface area contributed by atoms with E-state index in [1.54, 1.807) is 20.1 Å². The molecule has 0 aliphatic carbocycles. The number of nitro groups is 1. The van der Waals surface area contributed by atoms with Crippen molar-refractivity contribution >= 4 is 27.6 Å². The number of aryl methyl sites for hydroxylation is 1. The third-order valence-corrected chi connectivity index (χ3v) is 6.03. The molecule has 0 bridgehead atoms. The van der Waals surface area contributed by atoms with Crippen LogP contribution in [0.5, 0.6) is 0 Å². The largest absolute Gasteiger partial charge is 0.277 e. The summed E-state index contributed by atoms with van der Waals surface area (Å²) in [7, 11) is -3.90. The summed E-state index contributed by atoms with van der Waals surface area (Å²) < 4.78 is 27.0. The Morgan fingerprint density at radius 1 is 1.19 bits per heavy atom. The van der Waals surface area contributed by atoms with Gasteiger partial charge in [0.15, 0.2) is 0 Å². The van der Waals surface area contributed by atoms with E-state index < -0.39 is 14.9 Å². The van der Waals surface area contributed by atoms with E-state index in [9.17, 15) is 18.5 Å². The monoisotopic (exact) mass is 390 g/mol. The van der Waals surface area contributed by atoms with E-state index in [0.717, 1.165) is 17.2 Å². The van der Waals surface area contributed by atoms with Crippen molar-refractivity contribution in [3.63, 3.8) is 0 Å². The number of sulfonamides is 1. The van der Waals surface area contributed by atoms with Gasteiger partial charge in [-0.2, -0.15) is 9.41 Å². The first-order valence-corrected chi connectivity index (χ1v) is 9.88. The lowest BCUT2D eigenvalue weighted by Crippen LogP contribution is -2.31. The molecule has 0 saturated heterocycles. The number of rotatable bonds is 8. The van der Waals surface area contributed by atoms with Crippen LogP contribution in [0.25, 0.3) is 0 Å². The van der Waals surface area contributed by atoms with Crippen LogP contribution in [0.15, 0.2) is 52.5 Å². The van der Waals surface area contributed by atoms with E-state index in [-0.39, 0.29) is 29.4 Å². The molecule has 0 fully saturated rings. The summed E-state index contributed by atoms with van der Waals surface area (Å²) in [5, 5.41) is 15.2. The minimum absolute atomic E-state index is 0.177. The van der Waals surface area contributed by atoms with E-state index in [2.05, 4.69) is 10.5 Å². The van der Waals surface area contributed by atoms with Crippen LogP contribution >= 0.6 is 0 Å². The molecular weight excluding hydrogens is 368 g/mol. The Kier molecular flexibility index (Phi) is 6.65. The number of hydrazone groups is 1. The summed E-state index contributed by atoms with van der Waals surface area (Å²) in [6.07, 6.45) is 1.56. The highest BCUT2D eigenvalue weighted by Gasteiger charge is 2.27. The number of non-ortho nitro benzene ring substituents is 1. The first kappa shape index (κ1) is 20.5. The first-order valence-electron chi connectivity index (χ1n) is 8.44. The normalized spacial score (nSPS) is 11.9. The van der Waals surface area contributed by atoms with Crippen LogP contribution in [0.4, 0.5) is 11.4 Å². The molecule has 0 aromatic heterocycles. The predicted molar refractivity (Wildman–Crippen MR) is 106 cm³/mol. The summed E-state index contributed by atoms with van der Waals surface area (Å²) in [5.41, 5.74) is 4.49. The van der Waals surface area contributed by atoms with Gasteiger partial charge >= 0.3 is 0 Å². The van der Waals surface area contributed by atoms with Gasteiger partial charge in [0, 0.05) is 25.2 Å². The van der Waals surface area contributed by atoms with Crippen LogP contribution < -0.4 is 5.43 Å². The van der Waals surface area contributed by atoms with Gasteiger partial charge in [-0.25, -0.2) is 8.42 Å². The van der Waals surface area contributed by atoms with Crippen LogP contribution in [-0.4, -0.2) is 37.0 Å². The third-order valence-electron chi connectivity index (χ3n) is 3.94. The van der Waals surface area contributed by atoms with Crippen LogP contribution in [0.3, 0.4) is 0 Å². The zero-order valence-corrected chi connectivity index (χ0v) is 16.2. The maximum absolute atomic E-state index is 12.9. The van der Waals surface area contributed by atoms with E-state index in [4.69, 9.17) is 0 Å². The highest BCUT2D eigenvalue weighted by atomic mass is 32.2. The van der Waals surface area contributed by atoms with E-state index in [1.807, 2.05) is 31.2 Å². The Morgan fingerprint density at radius 3 is 2.48 bits per heavy atom. The lowest BCUT2D eigenvalue weighted by molar-refractivity contribution is -0.385. The molecule has 0 aliphatic heterocycles. The SMILES string of the molecule is CCN(CC)S(=O)(=O)c1cc([N+](=O)[O-])ccc1N/N=C/c1cccc(C)c1. The molecule has 0 unspecified atom stereocenters. The Bertz CT molecular complexity index is 954. The molecule has 8 nitrogen and oxygen atoms in total. The van der Waals surface area contributed by atoms with E-state index in [0.29, 0.717) is 0 Å². The van der Waals surface area contributed by atoms with Crippen molar-refractivity contribution in [3.8, 4) is 0 Å². The molecule has 0 heterocycles. The van der Waals surface area contributed by atoms with Gasteiger partial charge < -0.3 is 0 Å². The molecule has 9 heteroatoms. The summed E-state index contributed by atoms with van der Waals surface area (Å²) in [5.74, 6) is 0. The molecule has 0 spiro atoms. The number of hydrogen-bond acceptors (Lipinski definition) is 6. The molecule has 144 valence electrons. The standard InChI is InChI=1S/C18H22N4O4S/c1-4-21(5-2)27(25,26)18-12-16(22(23)24)9-10-17(18)20-19-13-15-8-6-7-14(3)11-15/h6-13,20H,4-5H2,1-3H3/b19-13+. The van der Waals surface area contributed by atoms with Gasteiger partial charge in [-0.3, -0.25) is 15.5 Å². The summed E-state index contributed by atoms with van der Waals surface area (Å²) in [4.78, 5) is 10.3. The molecular formula is C18H22N4O4S. The lowest BCUT2D eigenvalue weighted by Gasteiger charge is -2.20. The number of nitrogens with one attached hydrogen (secondary N) is 1. The van der Waals surface area contributed by atoms with Gasteiger partial charge in [0.2, 0.25) is 10.0 Å². The fourth-order valence-electron chi connectivity index (χ4n) is 2.56. The van der Waals surface area contributed by atoms with Crippen LogP contribution in [-0.2, 0) is 10.0 Å². The van der Waals surface area contributed by atoms with Gasteiger partial charge in [0.25, 0.3) is 5.69 Å². The molecule has 27 heavy (non-hydrogen) atoms. The quantitative estimate of drug-likeness (QED) is 0.423. The molecule has 0 saturated carbocycles. The lowest BCUT2D eigenvalue weighted by atomic mass is 10.2. The Morgan fingerprint density at radius 2 is 1.89 bits per heavy atom. The van der Waals surface area contributed by atoms with Crippen molar-refractivity contribution in [3.05, 3.63) is 63.7 Å². The molecule has 2 rings (SSSR count). The molecule has 0 aliphatic rings. The zero-order chi connectivity index (χ0) is 20.0. The van der Waals surface area contributed by atoms with Gasteiger partial charge in [-0.1, -0.05) is 43.7 Å². The van der Waals surface area contributed by atoms with Gasteiger partial charge in [0.05, 0.1) is 16.8 Å². The van der Waals surface area contributed by atoms with Crippen molar-refractivity contribution in [2.75, 3.05) is 18.5 Å². The molecule has 2 aromatic rings. The smallest absolute Gasteiger partial charge is 0.270 e. The van der Waals surface area contributed by atoms with Crippen molar-refractivity contribution in [1.29, 1.82) is 0 Å². The number of nitrogens with zero attached hydrogens (tertiary/aromatic N) is 3. The highest BCUT2D eigenvalue weighted by Crippen LogP contribution is 2.29. The molecule has 2 aromatic carbocycles. The average Bonchev–Trinajstić information content (AvgIpc) is 2.62. The highest BCUT2D eigenvalue weighted by molar-refractivity contribution is 7.89. The van der Waals surface area contributed by atoms with Crippen molar-refractivity contribution in [2.45, 2.75) is 25.7 Å². The Balaban J connectivity index is 2.42. The average molecular weight is 390 g/mol. The molecule has 0 atom stereocenters. The second kappa shape index (κ2) is 8.74. The topological polar surface area (TPSA) is 105 Å². The Labute approximate surface area is 158 Å². The summed E-state index contributed by atoms with van der Waals surface area (Å²) in [6, 6.07) is 11.3. The molecule has 0 amide bonds. The van der Waals surface area contributed by atoms with Gasteiger partial charge in [-0.05, 0) is 18.6 Å². The number of anilines is 1. The minimum atomic E-state index is -3.90. The van der Waals surface area contributed by atoms with Gasteiger partial charge in [-0.15, -0.1) is 0 Å². The van der Waals surface area contributed by atoms with E-state index in [1.165, 1.54) is 16.4 Å². The number of nitro benzene ring substituents is 1. The first-order chi connectivity index (χ1) is 12.8. The van der Waals surface area contributed by atoms with Gasteiger partial charge in [0.1, 0.15) is 4.90 Å². The maximum Gasteiger partial charge on any atom is 0.270 e. The fraction of sp³-hybridized carbons (Fsp3) is 0.278. The number of hydrogen-bond donors (Lipinski definition) is 1.